The number of amides is 2. The van der Waals surface area contributed by atoms with E-state index in [1.807, 2.05) is 17.0 Å². The van der Waals surface area contributed by atoms with E-state index in [2.05, 4.69) is 36.1 Å². The molecule has 2 fully saturated rings. The number of halogens is 1. The van der Waals surface area contributed by atoms with Crippen LogP contribution >= 0.6 is 11.6 Å². The number of carbonyl (C=O) groups is 3. The molecule has 2 saturated heterocycles. The van der Waals surface area contributed by atoms with Crippen LogP contribution in [0.4, 0.5) is 0 Å². The molecule has 4 rings (SSSR count). The number of hydrogen-bond donors (Lipinski definition) is 5. The SMILES string of the molecule is CC(C)(C)OC(=O)COc1ccc(CCC(=O)N2CCC3(CC2)CN(N)/C(=N\C(=O)C2=NC(Cl)=C(N=NN)NC2N=N)N3)cc1. The van der Waals surface area contributed by atoms with E-state index in [-0.39, 0.29) is 35.2 Å². The highest BCUT2D eigenvalue weighted by Crippen LogP contribution is 2.28. The van der Waals surface area contributed by atoms with Crippen molar-refractivity contribution in [3.8, 4) is 5.75 Å². The van der Waals surface area contributed by atoms with Crippen molar-refractivity contribution in [3.05, 3.63) is 40.8 Å². The summed E-state index contributed by atoms with van der Waals surface area (Å²) in [5.74, 6) is 10.6. The van der Waals surface area contributed by atoms with Gasteiger partial charge < -0.3 is 30.8 Å². The summed E-state index contributed by atoms with van der Waals surface area (Å²) in [5, 5.41) is 17.0. The van der Waals surface area contributed by atoms with Gasteiger partial charge in [0, 0.05) is 19.5 Å². The number of piperidine rings is 1. The third kappa shape index (κ3) is 8.72. The molecule has 0 saturated carbocycles. The highest BCUT2D eigenvalue weighted by molar-refractivity contribution is 6.44. The summed E-state index contributed by atoms with van der Waals surface area (Å²) in [4.78, 5) is 47.6. The number of nitrogens with two attached hydrogens (primary N) is 2. The van der Waals surface area contributed by atoms with Crippen LogP contribution in [0.5, 0.6) is 5.75 Å². The Morgan fingerprint density at radius 1 is 1.20 bits per heavy atom. The molecule has 3 aliphatic rings. The Kier molecular flexibility index (Phi) is 10.3. The molecule has 0 aromatic heterocycles. The summed E-state index contributed by atoms with van der Waals surface area (Å²) >= 11 is 6.04. The summed E-state index contributed by atoms with van der Waals surface area (Å²) in [6.45, 7) is 6.59. The number of carbonyl (C=O) groups excluding carboxylic acids is 3. The van der Waals surface area contributed by atoms with Crippen LogP contribution in [-0.4, -0.2) is 82.9 Å². The summed E-state index contributed by atoms with van der Waals surface area (Å²) in [7, 11) is 0. The van der Waals surface area contributed by atoms with Gasteiger partial charge in [-0.05, 0) is 57.7 Å². The Labute approximate surface area is 264 Å². The minimum Gasteiger partial charge on any atom is -0.482 e. The second-order valence-corrected chi connectivity index (χ2v) is 12.1. The Morgan fingerprint density at radius 2 is 1.89 bits per heavy atom. The predicted molar refractivity (Wildman–Crippen MR) is 163 cm³/mol. The van der Waals surface area contributed by atoms with Crippen molar-refractivity contribution in [2.75, 3.05) is 26.2 Å². The van der Waals surface area contributed by atoms with Crippen molar-refractivity contribution in [1.82, 2.24) is 20.5 Å². The predicted octanol–water partition coefficient (Wildman–Crippen LogP) is 1.45. The number of guanidine groups is 1. The number of nitrogens with one attached hydrogen (secondary N) is 3. The van der Waals surface area contributed by atoms with Crippen molar-refractivity contribution in [1.29, 1.82) is 5.53 Å². The molecule has 0 aliphatic carbocycles. The van der Waals surface area contributed by atoms with Crippen LogP contribution in [0.25, 0.3) is 0 Å². The highest BCUT2D eigenvalue weighted by Gasteiger charge is 2.44. The summed E-state index contributed by atoms with van der Waals surface area (Å²) in [5.41, 5.74) is 7.09. The van der Waals surface area contributed by atoms with E-state index in [1.54, 1.807) is 32.9 Å². The number of aliphatic imine (C=N–C) groups is 2. The van der Waals surface area contributed by atoms with E-state index in [4.69, 9.17) is 38.3 Å². The third-order valence-electron chi connectivity index (χ3n) is 7.18. The molecule has 3 heterocycles. The standard InChI is InChI=1S/C27H37ClN12O5/c1-26(2,3)45-19(42)14-44-17-7-4-16(5-8-17)6-9-18(41)39-12-10-27(11-13-39)15-40(31)25(35-27)34-24(43)20-22(36-29)33-23(37-38-30)21(28)32-20/h4-5,7-8,22,29,33H,6,9-15,31H2,1-3H3,(H2,30,37)(H,34,35,43). The van der Waals surface area contributed by atoms with E-state index in [0.29, 0.717) is 51.1 Å². The van der Waals surface area contributed by atoms with Crippen LogP contribution in [0.1, 0.15) is 45.6 Å². The van der Waals surface area contributed by atoms with Gasteiger partial charge in [0.05, 0.1) is 12.1 Å². The normalized spacial score (nSPS) is 20.6. The number of ether oxygens (including phenoxy) is 2. The molecule has 242 valence electrons. The molecule has 2 amide bonds. The first-order valence-corrected chi connectivity index (χ1v) is 14.6. The van der Waals surface area contributed by atoms with E-state index >= 15 is 0 Å². The van der Waals surface area contributed by atoms with Crippen molar-refractivity contribution < 1.29 is 23.9 Å². The van der Waals surface area contributed by atoms with Gasteiger partial charge in [0.15, 0.2) is 29.5 Å². The summed E-state index contributed by atoms with van der Waals surface area (Å²) in [6.07, 6.45) is 0.903. The zero-order valence-electron chi connectivity index (χ0n) is 25.2. The molecule has 1 atom stereocenters. The number of hydrogen-bond acceptors (Lipinski definition) is 12. The maximum absolute atomic E-state index is 13.0. The number of likely N-dealkylation sites (tertiary alicyclic amines) is 1. The lowest BCUT2D eigenvalue weighted by Crippen LogP contribution is -2.54. The van der Waals surface area contributed by atoms with Gasteiger partial charge >= 0.3 is 5.97 Å². The maximum Gasteiger partial charge on any atom is 0.344 e. The molecular weight excluding hydrogens is 608 g/mol. The largest absolute Gasteiger partial charge is 0.482 e. The van der Waals surface area contributed by atoms with Crippen LogP contribution in [0.15, 0.2) is 60.7 Å². The second kappa shape index (κ2) is 14.0. The monoisotopic (exact) mass is 644 g/mol. The van der Waals surface area contributed by atoms with Crippen LogP contribution in [0, 0.1) is 5.53 Å². The molecule has 0 radical (unpaired) electrons. The zero-order valence-corrected chi connectivity index (χ0v) is 26.0. The van der Waals surface area contributed by atoms with Gasteiger partial charge in [0.1, 0.15) is 11.4 Å². The molecule has 3 aliphatic heterocycles. The number of rotatable bonds is 9. The minimum atomic E-state index is -1.18. The van der Waals surface area contributed by atoms with Crippen LogP contribution in [-0.2, 0) is 25.5 Å². The number of benzene rings is 1. The van der Waals surface area contributed by atoms with Gasteiger partial charge in [-0.2, -0.15) is 10.1 Å². The van der Waals surface area contributed by atoms with E-state index in [1.165, 1.54) is 5.01 Å². The van der Waals surface area contributed by atoms with Crippen LogP contribution < -0.4 is 27.1 Å². The van der Waals surface area contributed by atoms with Gasteiger partial charge in [-0.15, -0.1) is 5.11 Å². The average molecular weight is 645 g/mol. The lowest BCUT2D eigenvalue weighted by Gasteiger charge is -2.38. The van der Waals surface area contributed by atoms with Gasteiger partial charge in [0.2, 0.25) is 11.9 Å². The summed E-state index contributed by atoms with van der Waals surface area (Å²) in [6, 6.07) is 7.26. The van der Waals surface area contributed by atoms with Crippen molar-refractivity contribution >= 4 is 41.1 Å². The third-order valence-corrected chi connectivity index (χ3v) is 7.45. The number of esters is 1. The number of hydrazine groups is 1. The molecule has 1 aromatic rings. The van der Waals surface area contributed by atoms with Gasteiger partial charge in [-0.25, -0.2) is 21.2 Å². The first kappa shape index (κ1) is 33.3. The highest BCUT2D eigenvalue weighted by atomic mass is 35.5. The van der Waals surface area contributed by atoms with Crippen molar-refractivity contribution in [3.63, 3.8) is 0 Å². The van der Waals surface area contributed by atoms with Crippen LogP contribution in [0.2, 0.25) is 0 Å². The zero-order chi connectivity index (χ0) is 32.8. The number of nitrogens with zero attached hydrogens (tertiary/aromatic N) is 7. The lowest BCUT2D eigenvalue weighted by molar-refractivity contribution is -0.157. The Balaban J connectivity index is 1.26. The molecule has 7 N–H and O–H groups in total. The van der Waals surface area contributed by atoms with Crippen molar-refractivity contribution in [2.24, 2.45) is 37.1 Å². The molecule has 1 unspecified atom stereocenters. The fourth-order valence-electron chi connectivity index (χ4n) is 5.00. The average Bonchev–Trinajstić information content (AvgIpc) is 3.29. The van der Waals surface area contributed by atoms with Gasteiger partial charge in [-0.1, -0.05) is 29.0 Å². The lowest BCUT2D eigenvalue weighted by atomic mass is 9.88. The van der Waals surface area contributed by atoms with E-state index < -0.39 is 29.2 Å². The Bertz CT molecular complexity index is 1430. The first-order valence-electron chi connectivity index (χ1n) is 14.2. The molecule has 18 heteroatoms. The Morgan fingerprint density at radius 3 is 2.51 bits per heavy atom. The topological polar surface area (TPSA) is 238 Å². The number of aryl methyl sites for hydroxylation is 1. The maximum atomic E-state index is 13.0. The Hall–Kier alpha value is -4.64. The molecule has 1 spiro atoms. The molecule has 17 nitrogen and oxygen atoms in total. The quantitative estimate of drug-likeness (QED) is 0.0852. The second-order valence-electron chi connectivity index (χ2n) is 11.7. The van der Waals surface area contributed by atoms with Crippen molar-refractivity contribution in [2.45, 2.75) is 63.8 Å². The first-order chi connectivity index (χ1) is 21.3. The van der Waals surface area contributed by atoms with Crippen LogP contribution in [0.3, 0.4) is 0 Å². The minimum absolute atomic E-state index is 0.0354. The fourth-order valence-corrected chi connectivity index (χ4v) is 5.18. The summed E-state index contributed by atoms with van der Waals surface area (Å²) < 4.78 is 10.7. The molecule has 0 bridgehead atoms. The van der Waals surface area contributed by atoms with Gasteiger partial charge in [-0.3, -0.25) is 14.6 Å². The molecular formula is C27H37ClN12O5. The molecule has 45 heavy (non-hydrogen) atoms. The fraction of sp³-hybridized carbons (Fsp3) is 0.519. The molecule has 1 aromatic carbocycles. The van der Waals surface area contributed by atoms with E-state index in [9.17, 15) is 14.4 Å². The smallest absolute Gasteiger partial charge is 0.344 e. The van der Waals surface area contributed by atoms with E-state index in [0.717, 1.165) is 5.56 Å². The van der Waals surface area contributed by atoms with Gasteiger partial charge in [0.25, 0.3) is 5.91 Å².